The molecular weight excluding hydrogens is 178 g/mol. The minimum absolute atomic E-state index is 0.195. The summed E-state index contributed by atoms with van der Waals surface area (Å²) in [5.41, 5.74) is 0.195. The van der Waals surface area contributed by atoms with Crippen molar-refractivity contribution in [2.24, 2.45) is 5.41 Å². The highest BCUT2D eigenvalue weighted by molar-refractivity contribution is 5.66. The Labute approximate surface area is 86.5 Å². The Morgan fingerprint density at radius 3 is 2.64 bits per heavy atom. The van der Waals surface area contributed by atoms with E-state index in [1.807, 2.05) is 6.92 Å². The van der Waals surface area contributed by atoms with Crippen LogP contribution in [0.2, 0.25) is 0 Å². The van der Waals surface area contributed by atoms with Gasteiger partial charge in [-0.1, -0.05) is 26.0 Å². The number of hydrogen-bond donors (Lipinski definition) is 1. The van der Waals surface area contributed by atoms with Crippen molar-refractivity contribution in [1.82, 2.24) is 5.32 Å². The van der Waals surface area contributed by atoms with Gasteiger partial charge < -0.3 is 10.1 Å². The summed E-state index contributed by atoms with van der Waals surface area (Å²) in [6.07, 6.45) is 5.79. The van der Waals surface area contributed by atoms with Gasteiger partial charge in [0.05, 0.1) is 6.61 Å². The molecule has 1 amide bonds. The van der Waals surface area contributed by atoms with Crippen LogP contribution in [0.4, 0.5) is 4.79 Å². The molecule has 14 heavy (non-hydrogen) atoms. The molecule has 0 bridgehead atoms. The number of nitrogens with one attached hydrogen (secondary N) is 1. The van der Waals surface area contributed by atoms with Crippen LogP contribution in [0.1, 0.15) is 33.6 Å². The van der Waals surface area contributed by atoms with Gasteiger partial charge in [-0.15, -0.1) is 0 Å². The van der Waals surface area contributed by atoms with Gasteiger partial charge in [0.1, 0.15) is 0 Å². The van der Waals surface area contributed by atoms with Gasteiger partial charge in [-0.3, -0.25) is 0 Å². The molecule has 82 valence electrons. The molecule has 0 radical (unpaired) electrons. The Bertz CT molecular complexity index is 197. The van der Waals surface area contributed by atoms with Crippen molar-refractivity contribution in [2.45, 2.75) is 33.6 Å². The Kier molecular flexibility index (Phi) is 6.00. The molecule has 0 unspecified atom stereocenters. The lowest BCUT2D eigenvalue weighted by Gasteiger charge is -2.19. The topological polar surface area (TPSA) is 38.3 Å². The van der Waals surface area contributed by atoms with Gasteiger partial charge in [0.25, 0.3) is 0 Å². The second-order valence-electron chi connectivity index (χ2n) is 3.98. The molecule has 3 heteroatoms. The first-order valence-corrected chi connectivity index (χ1v) is 5.00. The van der Waals surface area contributed by atoms with Gasteiger partial charge in [0.15, 0.2) is 0 Å². The fraction of sp³-hybridized carbons (Fsp3) is 0.727. The number of rotatable bonds is 5. The summed E-state index contributed by atoms with van der Waals surface area (Å²) < 4.78 is 4.89. The molecule has 0 saturated heterocycles. The minimum atomic E-state index is -0.353. The molecule has 0 aromatic rings. The van der Waals surface area contributed by atoms with E-state index in [1.165, 1.54) is 0 Å². The molecule has 3 nitrogen and oxygen atoms in total. The van der Waals surface area contributed by atoms with Crippen LogP contribution in [0.15, 0.2) is 12.2 Å². The Balaban J connectivity index is 3.58. The van der Waals surface area contributed by atoms with Crippen LogP contribution in [0, 0.1) is 5.41 Å². The van der Waals surface area contributed by atoms with Gasteiger partial charge in [0.2, 0.25) is 0 Å². The van der Waals surface area contributed by atoms with Crippen molar-refractivity contribution in [3.63, 3.8) is 0 Å². The van der Waals surface area contributed by atoms with E-state index < -0.39 is 0 Å². The van der Waals surface area contributed by atoms with E-state index in [1.54, 1.807) is 7.05 Å². The van der Waals surface area contributed by atoms with Gasteiger partial charge >= 0.3 is 6.09 Å². The van der Waals surface area contributed by atoms with Crippen LogP contribution in [0.5, 0.6) is 0 Å². The van der Waals surface area contributed by atoms with E-state index in [2.05, 4.69) is 31.3 Å². The molecule has 0 atom stereocenters. The zero-order valence-corrected chi connectivity index (χ0v) is 9.59. The molecule has 0 spiro atoms. The third kappa shape index (κ3) is 6.52. The standard InChI is InChI=1S/C11H21NO2/c1-5-7-11(2,3)8-6-9-14-10(13)12-4/h5,7H,6,8-9H2,1-4H3,(H,12,13). The lowest BCUT2D eigenvalue weighted by molar-refractivity contribution is 0.143. The Morgan fingerprint density at radius 1 is 1.50 bits per heavy atom. The number of carbonyl (C=O) groups is 1. The van der Waals surface area contributed by atoms with Crippen molar-refractivity contribution in [1.29, 1.82) is 0 Å². The number of alkyl carbamates (subject to hydrolysis) is 1. The molecule has 0 fully saturated rings. The van der Waals surface area contributed by atoms with Crippen LogP contribution < -0.4 is 5.32 Å². The second kappa shape index (κ2) is 6.46. The maximum atomic E-state index is 10.7. The monoisotopic (exact) mass is 199 g/mol. The molecule has 0 saturated carbocycles. The summed E-state index contributed by atoms with van der Waals surface area (Å²) >= 11 is 0. The zero-order chi connectivity index (χ0) is 11.0. The van der Waals surface area contributed by atoms with Crippen LogP contribution in [0.3, 0.4) is 0 Å². The molecule has 0 aromatic heterocycles. The summed E-state index contributed by atoms with van der Waals surface area (Å²) in [4.78, 5) is 10.7. The summed E-state index contributed by atoms with van der Waals surface area (Å²) in [7, 11) is 1.56. The van der Waals surface area contributed by atoms with E-state index in [0.717, 1.165) is 12.8 Å². The second-order valence-corrected chi connectivity index (χ2v) is 3.98. The normalized spacial score (nSPS) is 11.7. The van der Waals surface area contributed by atoms with Crippen LogP contribution >= 0.6 is 0 Å². The smallest absolute Gasteiger partial charge is 0.406 e. The first-order valence-electron chi connectivity index (χ1n) is 5.00. The molecule has 0 aliphatic heterocycles. The summed E-state index contributed by atoms with van der Waals surface area (Å²) in [5.74, 6) is 0. The molecule has 0 heterocycles. The average Bonchev–Trinajstić information content (AvgIpc) is 2.12. The maximum Gasteiger partial charge on any atom is 0.406 e. The Hall–Kier alpha value is -0.990. The zero-order valence-electron chi connectivity index (χ0n) is 9.59. The van der Waals surface area contributed by atoms with Crippen molar-refractivity contribution in [3.8, 4) is 0 Å². The Morgan fingerprint density at radius 2 is 2.14 bits per heavy atom. The van der Waals surface area contributed by atoms with E-state index >= 15 is 0 Å². The van der Waals surface area contributed by atoms with Crippen molar-refractivity contribution >= 4 is 6.09 Å². The van der Waals surface area contributed by atoms with E-state index in [9.17, 15) is 4.79 Å². The lowest BCUT2D eigenvalue weighted by atomic mass is 9.88. The first kappa shape index (κ1) is 13.0. The number of ether oxygens (including phenoxy) is 1. The maximum absolute atomic E-state index is 10.7. The quantitative estimate of drug-likeness (QED) is 0.546. The summed E-state index contributed by atoms with van der Waals surface area (Å²) in [5, 5.41) is 2.41. The van der Waals surface area contributed by atoms with E-state index in [0.29, 0.717) is 6.61 Å². The number of carbonyl (C=O) groups excluding carboxylic acids is 1. The lowest BCUT2D eigenvalue weighted by Crippen LogP contribution is -2.20. The van der Waals surface area contributed by atoms with Crippen molar-refractivity contribution in [2.75, 3.05) is 13.7 Å². The highest BCUT2D eigenvalue weighted by Crippen LogP contribution is 2.23. The predicted octanol–water partition coefficient (Wildman–Crippen LogP) is 2.72. The summed E-state index contributed by atoms with van der Waals surface area (Å²) in [6.45, 7) is 6.85. The molecule has 0 aliphatic carbocycles. The SMILES string of the molecule is CC=CC(C)(C)CCCOC(=O)NC. The molecular formula is C11H21NO2. The van der Waals surface area contributed by atoms with E-state index in [4.69, 9.17) is 4.74 Å². The van der Waals surface area contributed by atoms with Gasteiger partial charge in [-0.2, -0.15) is 0 Å². The largest absolute Gasteiger partial charge is 0.450 e. The molecule has 1 N–H and O–H groups in total. The summed E-state index contributed by atoms with van der Waals surface area (Å²) in [6, 6.07) is 0. The van der Waals surface area contributed by atoms with Crippen LogP contribution in [-0.2, 0) is 4.74 Å². The van der Waals surface area contributed by atoms with Gasteiger partial charge in [-0.25, -0.2) is 4.79 Å². The fourth-order valence-electron chi connectivity index (χ4n) is 1.30. The van der Waals surface area contributed by atoms with Gasteiger partial charge in [0, 0.05) is 7.05 Å². The number of allylic oxidation sites excluding steroid dienone is 2. The number of amides is 1. The van der Waals surface area contributed by atoms with Crippen LogP contribution in [0.25, 0.3) is 0 Å². The highest BCUT2D eigenvalue weighted by Gasteiger charge is 2.12. The minimum Gasteiger partial charge on any atom is -0.450 e. The third-order valence-corrected chi connectivity index (χ3v) is 2.02. The first-order chi connectivity index (χ1) is 6.52. The average molecular weight is 199 g/mol. The van der Waals surface area contributed by atoms with Gasteiger partial charge in [-0.05, 0) is 25.2 Å². The molecule has 0 rings (SSSR count). The molecule has 0 aliphatic rings. The molecule has 0 aromatic carbocycles. The van der Waals surface area contributed by atoms with Crippen molar-refractivity contribution in [3.05, 3.63) is 12.2 Å². The third-order valence-electron chi connectivity index (χ3n) is 2.02. The fourth-order valence-corrected chi connectivity index (χ4v) is 1.30. The highest BCUT2D eigenvalue weighted by atomic mass is 16.5. The number of hydrogen-bond acceptors (Lipinski definition) is 2. The van der Waals surface area contributed by atoms with Crippen LogP contribution in [-0.4, -0.2) is 19.7 Å². The van der Waals surface area contributed by atoms with Crippen molar-refractivity contribution < 1.29 is 9.53 Å². The van der Waals surface area contributed by atoms with E-state index in [-0.39, 0.29) is 11.5 Å². The predicted molar refractivity (Wildman–Crippen MR) is 58.2 cm³/mol.